The van der Waals surface area contributed by atoms with Crippen LogP contribution in [-0.2, 0) is 16.0 Å². The Hall–Kier alpha value is -1.75. The van der Waals surface area contributed by atoms with Gasteiger partial charge in [0.1, 0.15) is 6.54 Å². The van der Waals surface area contributed by atoms with Crippen LogP contribution in [-0.4, -0.2) is 24.9 Å². The van der Waals surface area contributed by atoms with Gasteiger partial charge in [-0.2, -0.15) is 0 Å². The van der Waals surface area contributed by atoms with Gasteiger partial charge >= 0.3 is 0 Å². The molecule has 0 saturated carbocycles. The lowest BCUT2D eigenvalue weighted by Crippen LogP contribution is -2.40. The van der Waals surface area contributed by atoms with Crippen molar-refractivity contribution in [3.05, 3.63) is 63.1 Å². The van der Waals surface area contributed by atoms with Crippen molar-refractivity contribution < 1.29 is 9.59 Å². The average molecular weight is 400 g/mol. The smallest absolute Gasteiger partial charge is 0.240 e. The fraction of sp³-hybridized carbons (Fsp3) is 0.222. The maximum atomic E-state index is 12.2. The summed E-state index contributed by atoms with van der Waals surface area (Å²) in [5.74, 6) is -0.572. The van der Waals surface area contributed by atoms with E-state index in [1.54, 1.807) is 30.3 Å². The molecule has 0 unspecified atom stereocenters. The molecule has 2 aromatic rings. The van der Waals surface area contributed by atoms with Crippen molar-refractivity contribution in [2.45, 2.75) is 13.3 Å². The number of halogens is 3. The second-order valence-electron chi connectivity index (χ2n) is 5.40. The Morgan fingerprint density at radius 3 is 2.36 bits per heavy atom. The Bertz CT molecular complexity index is 763. The first kappa shape index (κ1) is 19.6. The number of rotatable bonds is 6. The summed E-state index contributed by atoms with van der Waals surface area (Å²) < 4.78 is 0. The number of benzene rings is 2. The maximum Gasteiger partial charge on any atom is 0.240 e. The first-order valence-corrected chi connectivity index (χ1v) is 8.75. The van der Waals surface area contributed by atoms with Crippen LogP contribution in [0.15, 0.2) is 42.5 Å². The fourth-order valence-corrected chi connectivity index (χ4v) is 2.79. The minimum absolute atomic E-state index is 0.129. The van der Waals surface area contributed by atoms with Crippen molar-refractivity contribution in [3.8, 4) is 0 Å². The lowest BCUT2D eigenvalue weighted by Gasteiger charge is -2.22. The van der Waals surface area contributed by atoms with Crippen molar-refractivity contribution in [2.75, 3.05) is 18.0 Å². The largest absolute Gasteiger partial charge is 0.354 e. The quantitative estimate of drug-likeness (QED) is 0.784. The minimum Gasteiger partial charge on any atom is -0.354 e. The van der Waals surface area contributed by atoms with Crippen molar-refractivity contribution in [1.29, 1.82) is 0 Å². The summed E-state index contributed by atoms with van der Waals surface area (Å²) in [6.45, 7) is 1.70. The molecule has 0 saturated heterocycles. The lowest BCUT2D eigenvalue weighted by atomic mass is 10.1. The summed E-state index contributed by atoms with van der Waals surface area (Å²) in [5, 5.41) is 4.03. The summed E-state index contributed by atoms with van der Waals surface area (Å²) in [4.78, 5) is 25.4. The second kappa shape index (κ2) is 9.09. The Balaban J connectivity index is 1.95. The predicted octanol–water partition coefficient (Wildman–Crippen LogP) is 4.36. The standard InChI is InChI=1S/C18H17Cl3N2O2/c1-12(24)23(16-4-2-3-15(20)18(16)21)11-17(25)22-10-9-13-5-7-14(19)8-6-13/h2-8H,9-11H2,1H3,(H,22,25). The normalized spacial score (nSPS) is 10.4. The molecule has 0 radical (unpaired) electrons. The molecule has 0 spiro atoms. The number of anilines is 1. The van der Waals surface area contributed by atoms with E-state index in [9.17, 15) is 9.59 Å². The van der Waals surface area contributed by atoms with E-state index in [1.165, 1.54) is 11.8 Å². The van der Waals surface area contributed by atoms with Crippen LogP contribution in [0, 0.1) is 0 Å². The Morgan fingerprint density at radius 1 is 1.04 bits per heavy atom. The molecule has 4 nitrogen and oxygen atoms in total. The molecule has 132 valence electrons. The maximum absolute atomic E-state index is 12.2. The van der Waals surface area contributed by atoms with Gasteiger partial charge in [0.25, 0.3) is 0 Å². The SMILES string of the molecule is CC(=O)N(CC(=O)NCCc1ccc(Cl)cc1)c1cccc(Cl)c1Cl. The van der Waals surface area contributed by atoms with Crippen molar-refractivity contribution in [1.82, 2.24) is 5.32 Å². The molecule has 0 heterocycles. The summed E-state index contributed by atoms with van der Waals surface area (Å²) in [7, 11) is 0. The third kappa shape index (κ3) is 5.63. The summed E-state index contributed by atoms with van der Waals surface area (Å²) >= 11 is 18.0. The fourth-order valence-electron chi connectivity index (χ4n) is 2.26. The van der Waals surface area contributed by atoms with E-state index in [-0.39, 0.29) is 23.4 Å². The van der Waals surface area contributed by atoms with E-state index in [0.717, 1.165) is 5.56 Å². The molecule has 1 N–H and O–H groups in total. The molecule has 0 fully saturated rings. The van der Waals surface area contributed by atoms with Gasteiger partial charge in [-0.25, -0.2) is 0 Å². The van der Waals surface area contributed by atoms with Crippen LogP contribution < -0.4 is 10.2 Å². The van der Waals surface area contributed by atoms with Gasteiger partial charge in [0, 0.05) is 18.5 Å². The highest BCUT2D eigenvalue weighted by molar-refractivity contribution is 6.44. The molecule has 0 aliphatic heterocycles. The molecule has 7 heteroatoms. The molecular weight excluding hydrogens is 383 g/mol. The molecule has 0 aliphatic rings. The van der Waals surface area contributed by atoms with Gasteiger partial charge in [-0.15, -0.1) is 0 Å². The van der Waals surface area contributed by atoms with E-state index in [1.807, 2.05) is 12.1 Å². The van der Waals surface area contributed by atoms with Crippen LogP contribution in [0.3, 0.4) is 0 Å². The van der Waals surface area contributed by atoms with Crippen LogP contribution in [0.1, 0.15) is 12.5 Å². The van der Waals surface area contributed by atoms with E-state index in [4.69, 9.17) is 34.8 Å². The van der Waals surface area contributed by atoms with Gasteiger partial charge in [0.05, 0.1) is 15.7 Å². The van der Waals surface area contributed by atoms with Gasteiger partial charge in [-0.3, -0.25) is 9.59 Å². The van der Waals surface area contributed by atoms with E-state index >= 15 is 0 Å². The van der Waals surface area contributed by atoms with Gasteiger partial charge < -0.3 is 10.2 Å². The molecule has 0 bridgehead atoms. The van der Waals surface area contributed by atoms with Gasteiger partial charge in [0.2, 0.25) is 11.8 Å². The first-order chi connectivity index (χ1) is 11.9. The van der Waals surface area contributed by atoms with Crippen molar-refractivity contribution in [2.24, 2.45) is 0 Å². The third-order valence-electron chi connectivity index (χ3n) is 3.55. The van der Waals surface area contributed by atoms with Gasteiger partial charge in [-0.05, 0) is 36.2 Å². The van der Waals surface area contributed by atoms with Gasteiger partial charge in [-0.1, -0.05) is 53.0 Å². The predicted molar refractivity (Wildman–Crippen MR) is 103 cm³/mol. The van der Waals surface area contributed by atoms with Crippen LogP contribution in [0.5, 0.6) is 0 Å². The highest BCUT2D eigenvalue weighted by Gasteiger charge is 2.19. The first-order valence-electron chi connectivity index (χ1n) is 7.61. The highest BCUT2D eigenvalue weighted by atomic mass is 35.5. The number of hydrogen-bond acceptors (Lipinski definition) is 2. The molecule has 25 heavy (non-hydrogen) atoms. The molecule has 0 aliphatic carbocycles. The molecule has 2 amide bonds. The topological polar surface area (TPSA) is 49.4 Å². The van der Waals surface area contributed by atoms with Crippen molar-refractivity contribution in [3.63, 3.8) is 0 Å². The molecule has 0 aromatic heterocycles. The molecule has 2 aromatic carbocycles. The summed E-state index contributed by atoms with van der Waals surface area (Å²) in [6, 6.07) is 12.4. The van der Waals surface area contributed by atoms with E-state index < -0.39 is 0 Å². The molecule has 2 rings (SSSR count). The number of nitrogens with zero attached hydrogens (tertiary/aromatic N) is 1. The number of amides is 2. The van der Waals surface area contributed by atoms with Gasteiger partial charge in [0.15, 0.2) is 0 Å². The average Bonchev–Trinajstić information content (AvgIpc) is 2.57. The minimum atomic E-state index is -0.294. The van der Waals surface area contributed by atoms with Crippen LogP contribution in [0.4, 0.5) is 5.69 Å². The van der Waals surface area contributed by atoms with Crippen LogP contribution in [0.2, 0.25) is 15.1 Å². The molecule has 0 atom stereocenters. The zero-order valence-electron chi connectivity index (χ0n) is 13.6. The Kier molecular flexibility index (Phi) is 7.12. The van der Waals surface area contributed by atoms with Crippen molar-refractivity contribution >= 4 is 52.3 Å². The third-order valence-corrected chi connectivity index (χ3v) is 4.61. The number of carbonyl (C=O) groups is 2. The molecular formula is C18H17Cl3N2O2. The van der Waals surface area contributed by atoms with Crippen LogP contribution in [0.25, 0.3) is 0 Å². The van der Waals surface area contributed by atoms with Crippen LogP contribution >= 0.6 is 34.8 Å². The van der Waals surface area contributed by atoms with E-state index in [2.05, 4.69) is 5.32 Å². The summed E-state index contributed by atoms with van der Waals surface area (Å²) in [5.41, 5.74) is 1.47. The number of nitrogens with one attached hydrogen (secondary N) is 1. The lowest BCUT2D eigenvalue weighted by molar-refractivity contribution is -0.123. The second-order valence-corrected chi connectivity index (χ2v) is 6.63. The monoisotopic (exact) mass is 398 g/mol. The Labute approximate surface area is 161 Å². The number of hydrogen-bond donors (Lipinski definition) is 1. The highest BCUT2D eigenvalue weighted by Crippen LogP contribution is 2.32. The number of carbonyl (C=O) groups excluding carboxylic acids is 2. The van der Waals surface area contributed by atoms with E-state index in [0.29, 0.717) is 28.7 Å². The zero-order valence-corrected chi connectivity index (χ0v) is 15.8. The zero-order chi connectivity index (χ0) is 18.4. The Morgan fingerprint density at radius 2 is 1.72 bits per heavy atom. The summed E-state index contributed by atoms with van der Waals surface area (Å²) in [6.07, 6.45) is 0.668.